The van der Waals surface area contributed by atoms with Crippen molar-refractivity contribution < 1.29 is 27.5 Å². The summed E-state index contributed by atoms with van der Waals surface area (Å²) in [5.74, 6) is -3.15. The molecule has 0 aromatic heterocycles. The van der Waals surface area contributed by atoms with Gasteiger partial charge in [-0.1, -0.05) is 0 Å². The van der Waals surface area contributed by atoms with Gasteiger partial charge in [-0.25, -0.2) is 0 Å². The number of ketones is 2. The van der Waals surface area contributed by atoms with Crippen LogP contribution >= 0.6 is 0 Å². The Hall–Kier alpha value is -1.33. The average molecular weight is 210 g/mol. The summed E-state index contributed by atoms with van der Waals surface area (Å²) in [5.41, 5.74) is -0.987. The maximum Gasteiger partial charge on any atom is 0.455 e. The molecular formula is C8H9F3O3. The number of carbonyl (C=O) groups excluding carboxylic acids is 2. The largest absolute Gasteiger partial charge is 0.501 e. The number of rotatable bonds is 4. The molecule has 0 aliphatic rings. The van der Waals surface area contributed by atoms with Crippen molar-refractivity contribution >= 4 is 11.6 Å². The minimum atomic E-state index is -5.05. The molecule has 0 aromatic carbocycles. The van der Waals surface area contributed by atoms with Gasteiger partial charge in [0, 0.05) is 0 Å². The number of Topliss-reactive ketones (excluding diaryl/α,β-unsaturated/α-hetero) is 2. The lowest BCUT2D eigenvalue weighted by Gasteiger charge is -2.06. The third-order valence-electron chi connectivity index (χ3n) is 1.25. The highest BCUT2D eigenvalue weighted by atomic mass is 19.4. The molecule has 0 atom stereocenters. The topological polar surface area (TPSA) is 43.4 Å². The summed E-state index contributed by atoms with van der Waals surface area (Å²) in [6.45, 7) is 2.47. The van der Waals surface area contributed by atoms with E-state index in [1.165, 1.54) is 6.92 Å². The third-order valence-corrected chi connectivity index (χ3v) is 1.25. The first-order valence-corrected chi connectivity index (χ1v) is 3.75. The Morgan fingerprint density at radius 3 is 2.14 bits per heavy atom. The molecule has 0 aliphatic carbocycles. The van der Waals surface area contributed by atoms with E-state index < -0.39 is 23.3 Å². The zero-order valence-corrected chi connectivity index (χ0v) is 7.64. The van der Waals surface area contributed by atoms with Gasteiger partial charge in [0.15, 0.2) is 5.78 Å². The van der Waals surface area contributed by atoms with Crippen molar-refractivity contribution in [2.24, 2.45) is 0 Å². The Bertz CT molecular complexity index is 265. The number of halogens is 3. The molecule has 0 aromatic rings. The molecular weight excluding hydrogens is 201 g/mol. The summed E-state index contributed by atoms with van der Waals surface area (Å²) in [7, 11) is 0. The molecule has 0 amide bonds. The van der Waals surface area contributed by atoms with Crippen LogP contribution in [0.5, 0.6) is 0 Å². The van der Waals surface area contributed by atoms with Gasteiger partial charge in [-0.3, -0.25) is 9.59 Å². The van der Waals surface area contributed by atoms with Gasteiger partial charge in [0.1, 0.15) is 5.57 Å². The fourth-order valence-electron chi connectivity index (χ4n) is 0.616. The van der Waals surface area contributed by atoms with E-state index in [0.29, 0.717) is 6.26 Å². The SMILES string of the molecule is CCO/C=C(\C(C)=O)C(=O)C(F)(F)F. The van der Waals surface area contributed by atoms with Gasteiger partial charge in [0.25, 0.3) is 5.78 Å². The lowest BCUT2D eigenvalue weighted by atomic mass is 10.1. The number of hydrogen-bond donors (Lipinski definition) is 0. The summed E-state index contributed by atoms with van der Waals surface area (Å²) < 4.78 is 40.1. The zero-order valence-electron chi connectivity index (χ0n) is 7.64. The van der Waals surface area contributed by atoms with Crippen LogP contribution in [0.3, 0.4) is 0 Å². The van der Waals surface area contributed by atoms with Crippen molar-refractivity contribution in [1.29, 1.82) is 0 Å². The fraction of sp³-hybridized carbons (Fsp3) is 0.500. The van der Waals surface area contributed by atoms with Crippen LogP contribution in [0.15, 0.2) is 11.8 Å². The quantitative estimate of drug-likeness (QED) is 0.306. The predicted molar refractivity (Wildman–Crippen MR) is 41.5 cm³/mol. The molecule has 0 heterocycles. The molecule has 0 saturated carbocycles. The first-order valence-electron chi connectivity index (χ1n) is 3.75. The standard InChI is InChI=1S/C8H9F3O3/c1-3-14-4-6(5(2)12)7(13)8(9,10)11/h4H,3H2,1-2H3/b6-4+. The van der Waals surface area contributed by atoms with E-state index in [0.717, 1.165) is 6.92 Å². The Balaban J connectivity index is 4.86. The second-order valence-electron chi connectivity index (χ2n) is 2.37. The molecule has 6 heteroatoms. The highest BCUT2D eigenvalue weighted by Gasteiger charge is 2.42. The summed E-state index contributed by atoms with van der Waals surface area (Å²) >= 11 is 0. The Labute approximate surface area is 78.5 Å². The predicted octanol–water partition coefficient (Wildman–Crippen LogP) is 1.63. The van der Waals surface area contributed by atoms with E-state index in [-0.39, 0.29) is 6.61 Å². The van der Waals surface area contributed by atoms with Crippen LogP contribution in [0.4, 0.5) is 13.2 Å². The summed E-state index contributed by atoms with van der Waals surface area (Å²) in [6, 6.07) is 0. The van der Waals surface area contributed by atoms with Gasteiger partial charge in [-0.15, -0.1) is 0 Å². The molecule has 0 spiro atoms. The number of ether oxygens (including phenoxy) is 1. The van der Waals surface area contributed by atoms with Crippen molar-refractivity contribution in [3.63, 3.8) is 0 Å². The van der Waals surface area contributed by atoms with Gasteiger partial charge >= 0.3 is 6.18 Å². The van der Waals surface area contributed by atoms with Crippen LogP contribution < -0.4 is 0 Å². The van der Waals surface area contributed by atoms with Crippen molar-refractivity contribution in [2.75, 3.05) is 6.61 Å². The minimum absolute atomic E-state index is 0.0852. The van der Waals surface area contributed by atoms with Gasteiger partial charge < -0.3 is 4.74 Å². The lowest BCUT2D eigenvalue weighted by molar-refractivity contribution is -0.167. The molecule has 0 rings (SSSR count). The highest BCUT2D eigenvalue weighted by molar-refractivity contribution is 6.21. The molecule has 0 aliphatic heterocycles. The average Bonchev–Trinajstić information content (AvgIpc) is 2.02. The molecule has 14 heavy (non-hydrogen) atoms. The van der Waals surface area contributed by atoms with Gasteiger partial charge in [0.2, 0.25) is 0 Å². The number of hydrogen-bond acceptors (Lipinski definition) is 3. The van der Waals surface area contributed by atoms with Gasteiger partial charge in [0.05, 0.1) is 12.9 Å². The van der Waals surface area contributed by atoms with E-state index in [1.807, 2.05) is 0 Å². The fourth-order valence-corrected chi connectivity index (χ4v) is 0.616. The minimum Gasteiger partial charge on any atom is -0.501 e. The van der Waals surface area contributed by atoms with Gasteiger partial charge in [-0.2, -0.15) is 13.2 Å². The molecule has 0 unspecified atom stereocenters. The Morgan fingerprint density at radius 1 is 1.36 bits per heavy atom. The molecule has 80 valence electrons. The van der Waals surface area contributed by atoms with Crippen LogP contribution in [-0.2, 0) is 14.3 Å². The van der Waals surface area contributed by atoms with E-state index in [4.69, 9.17) is 0 Å². The highest BCUT2D eigenvalue weighted by Crippen LogP contribution is 2.21. The second kappa shape index (κ2) is 4.78. The summed E-state index contributed by atoms with van der Waals surface area (Å²) in [6.07, 6.45) is -4.51. The van der Waals surface area contributed by atoms with Crippen LogP contribution in [0.25, 0.3) is 0 Å². The van der Waals surface area contributed by atoms with Gasteiger partial charge in [-0.05, 0) is 13.8 Å². The lowest BCUT2D eigenvalue weighted by Crippen LogP contribution is -2.27. The smallest absolute Gasteiger partial charge is 0.455 e. The molecule has 0 bridgehead atoms. The normalized spacial score (nSPS) is 12.5. The van der Waals surface area contributed by atoms with E-state index in [2.05, 4.69) is 4.74 Å². The number of allylic oxidation sites excluding steroid dienone is 1. The van der Waals surface area contributed by atoms with Crippen LogP contribution in [-0.4, -0.2) is 24.3 Å². The van der Waals surface area contributed by atoms with E-state index in [1.54, 1.807) is 0 Å². The number of alkyl halides is 3. The Kier molecular flexibility index (Phi) is 4.33. The maximum atomic E-state index is 11.9. The first-order chi connectivity index (χ1) is 6.30. The third kappa shape index (κ3) is 3.59. The maximum absolute atomic E-state index is 11.9. The number of carbonyl (C=O) groups is 2. The summed E-state index contributed by atoms with van der Waals surface area (Å²) in [4.78, 5) is 21.3. The molecule has 0 saturated heterocycles. The molecule has 3 nitrogen and oxygen atoms in total. The van der Waals surface area contributed by atoms with Crippen molar-refractivity contribution in [2.45, 2.75) is 20.0 Å². The van der Waals surface area contributed by atoms with Crippen LogP contribution in [0, 0.1) is 0 Å². The van der Waals surface area contributed by atoms with E-state index >= 15 is 0 Å². The summed E-state index contributed by atoms with van der Waals surface area (Å²) in [5, 5.41) is 0. The van der Waals surface area contributed by atoms with Crippen LogP contribution in [0.2, 0.25) is 0 Å². The molecule has 0 radical (unpaired) electrons. The van der Waals surface area contributed by atoms with Crippen molar-refractivity contribution in [1.82, 2.24) is 0 Å². The van der Waals surface area contributed by atoms with E-state index in [9.17, 15) is 22.8 Å². The Morgan fingerprint density at radius 2 is 1.86 bits per heavy atom. The van der Waals surface area contributed by atoms with Crippen LogP contribution in [0.1, 0.15) is 13.8 Å². The second-order valence-corrected chi connectivity index (χ2v) is 2.37. The molecule has 0 fully saturated rings. The molecule has 0 N–H and O–H groups in total. The first kappa shape index (κ1) is 12.7. The zero-order chi connectivity index (χ0) is 11.4. The van der Waals surface area contributed by atoms with Crippen molar-refractivity contribution in [3.05, 3.63) is 11.8 Å². The monoisotopic (exact) mass is 210 g/mol. The van der Waals surface area contributed by atoms with Crippen molar-refractivity contribution in [3.8, 4) is 0 Å².